The van der Waals surface area contributed by atoms with Crippen LogP contribution in [0.2, 0.25) is 0 Å². The number of nitrogens with one attached hydrogen (secondary N) is 1. The number of benzene rings is 2. The van der Waals surface area contributed by atoms with Crippen molar-refractivity contribution in [3.63, 3.8) is 0 Å². The van der Waals surface area contributed by atoms with Gasteiger partial charge in [-0.3, -0.25) is 4.79 Å². The number of nitrogens with zero attached hydrogens (tertiary/aromatic N) is 3. The third kappa shape index (κ3) is 4.81. The number of H-pyrrole nitrogens is 1. The van der Waals surface area contributed by atoms with Crippen molar-refractivity contribution in [2.45, 2.75) is 31.2 Å². The van der Waals surface area contributed by atoms with Crippen LogP contribution in [0.1, 0.15) is 41.4 Å². The number of aromatic amines is 1. The van der Waals surface area contributed by atoms with Crippen molar-refractivity contribution in [2.75, 3.05) is 46.5 Å². The average molecular weight is 507 g/mol. The molecule has 0 radical (unpaired) electrons. The number of carbonyl (C=O) groups excluding carboxylic acids is 1. The summed E-state index contributed by atoms with van der Waals surface area (Å²) in [6, 6.07) is 12.3. The van der Waals surface area contributed by atoms with Gasteiger partial charge in [0.2, 0.25) is 0 Å². The Balaban J connectivity index is 1.07. The number of morpholine rings is 1. The zero-order chi connectivity index (χ0) is 25.4. The van der Waals surface area contributed by atoms with Crippen molar-refractivity contribution in [1.82, 2.24) is 19.9 Å². The fourth-order valence-corrected chi connectivity index (χ4v) is 5.65. The lowest BCUT2D eigenvalue weighted by Gasteiger charge is -2.37. The monoisotopic (exact) mass is 506 g/mol. The van der Waals surface area contributed by atoms with Crippen LogP contribution < -0.4 is 4.74 Å². The van der Waals surface area contributed by atoms with E-state index in [9.17, 15) is 9.18 Å². The van der Waals surface area contributed by atoms with E-state index in [1.807, 2.05) is 29.2 Å². The van der Waals surface area contributed by atoms with Gasteiger partial charge in [0, 0.05) is 47.4 Å². The van der Waals surface area contributed by atoms with Crippen LogP contribution in [0.25, 0.3) is 21.9 Å². The van der Waals surface area contributed by atoms with Gasteiger partial charge in [-0.25, -0.2) is 4.39 Å². The first-order valence-corrected chi connectivity index (χ1v) is 12.9. The van der Waals surface area contributed by atoms with Gasteiger partial charge < -0.3 is 28.8 Å². The Morgan fingerprint density at radius 1 is 1.16 bits per heavy atom. The van der Waals surface area contributed by atoms with Crippen LogP contribution >= 0.6 is 0 Å². The van der Waals surface area contributed by atoms with Gasteiger partial charge in [0.1, 0.15) is 17.3 Å². The average Bonchev–Trinajstić information content (AvgIpc) is 3.55. The van der Waals surface area contributed by atoms with Crippen molar-refractivity contribution in [3.8, 4) is 5.75 Å². The maximum atomic E-state index is 13.5. The Hall–Kier alpha value is -3.43. The number of carbonyl (C=O) groups is 1. The Morgan fingerprint density at radius 2 is 2.03 bits per heavy atom. The minimum atomic E-state index is -0.311. The number of aromatic nitrogens is 2. The number of likely N-dealkylation sites (tertiary alicyclic amines) is 1. The molecule has 2 saturated heterocycles. The molecule has 1 unspecified atom stereocenters. The first-order chi connectivity index (χ1) is 18.1. The Labute approximate surface area is 214 Å². The molecular weight excluding hydrogens is 475 g/mol. The summed E-state index contributed by atoms with van der Waals surface area (Å²) in [7, 11) is 1.63. The number of hydrogen-bond acceptors (Lipinski definition) is 6. The molecular formula is C28H31FN4O4. The van der Waals surface area contributed by atoms with E-state index in [1.54, 1.807) is 13.2 Å². The predicted octanol–water partition coefficient (Wildman–Crippen LogP) is 4.57. The molecule has 1 atom stereocenters. The lowest BCUT2D eigenvalue weighted by atomic mass is 9.91. The summed E-state index contributed by atoms with van der Waals surface area (Å²) in [6.45, 7) is 4.50. The summed E-state index contributed by atoms with van der Waals surface area (Å²) in [6.07, 6.45) is 2.80. The second kappa shape index (κ2) is 10.1. The highest BCUT2D eigenvalue weighted by Gasteiger charge is 2.31. The van der Waals surface area contributed by atoms with Crippen molar-refractivity contribution < 1.29 is 23.2 Å². The Kier molecular flexibility index (Phi) is 6.56. The van der Waals surface area contributed by atoms with E-state index in [2.05, 4.69) is 15.0 Å². The van der Waals surface area contributed by atoms with Gasteiger partial charge in [-0.05, 0) is 62.7 Å². The summed E-state index contributed by atoms with van der Waals surface area (Å²) in [5, 5.41) is 6.15. The minimum absolute atomic E-state index is 0.0107. The highest BCUT2D eigenvalue weighted by molar-refractivity contribution is 5.98. The predicted molar refractivity (Wildman–Crippen MR) is 137 cm³/mol. The fraction of sp³-hybridized carbons (Fsp3) is 0.429. The summed E-state index contributed by atoms with van der Waals surface area (Å²) in [5.41, 5.74) is 2.92. The normalized spacial score (nSPS) is 19.6. The Morgan fingerprint density at radius 3 is 2.86 bits per heavy atom. The van der Waals surface area contributed by atoms with E-state index in [0.29, 0.717) is 37.0 Å². The number of fused-ring (bicyclic) bond motifs is 2. The van der Waals surface area contributed by atoms with E-state index in [1.165, 1.54) is 12.1 Å². The number of amides is 1. The number of hydrogen-bond donors (Lipinski definition) is 1. The van der Waals surface area contributed by atoms with Crippen LogP contribution in [0, 0.1) is 5.82 Å². The number of ether oxygens (including phenoxy) is 2. The lowest BCUT2D eigenvalue weighted by molar-refractivity contribution is -0.00751. The molecule has 8 nitrogen and oxygen atoms in total. The van der Waals surface area contributed by atoms with Crippen LogP contribution in [-0.2, 0) is 4.74 Å². The molecule has 6 rings (SSSR count). The molecule has 0 aliphatic carbocycles. The molecule has 4 aromatic rings. The molecule has 2 aromatic carbocycles. The quantitative estimate of drug-likeness (QED) is 0.413. The van der Waals surface area contributed by atoms with Gasteiger partial charge in [0.15, 0.2) is 5.58 Å². The summed E-state index contributed by atoms with van der Waals surface area (Å²) < 4.78 is 29.9. The molecule has 0 bridgehead atoms. The fourth-order valence-electron chi connectivity index (χ4n) is 5.65. The van der Waals surface area contributed by atoms with Crippen LogP contribution in [0.4, 0.5) is 4.39 Å². The minimum Gasteiger partial charge on any atom is -0.497 e. The van der Waals surface area contributed by atoms with Crippen LogP contribution in [0.15, 0.2) is 47.0 Å². The number of piperidine rings is 1. The smallest absolute Gasteiger partial charge is 0.270 e. The van der Waals surface area contributed by atoms with Gasteiger partial charge in [-0.2, -0.15) is 0 Å². The highest BCUT2D eigenvalue weighted by Crippen LogP contribution is 2.33. The zero-order valence-corrected chi connectivity index (χ0v) is 20.9. The van der Waals surface area contributed by atoms with Gasteiger partial charge in [0.25, 0.3) is 5.91 Å². The highest BCUT2D eigenvalue weighted by atomic mass is 19.1. The third-order valence-corrected chi connectivity index (χ3v) is 7.76. The van der Waals surface area contributed by atoms with Crippen molar-refractivity contribution >= 4 is 27.8 Å². The van der Waals surface area contributed by atoms with Crippen molar-refractivity contribution in [3.05, 3.63) is 59.7 Å². The molecule has 2 fully saturated rings. The van der Waals surface area contributed by atoms with Crippen LogP contribution in [0.3, 0.4) is 0 Å². The molecule has 0 saturated carbocycles. The second-order valence-corrected chi connectivity index (χ2v) is 9.98. The molecule has 4 heterocycles. The zero-order valence-electron chi connectivity index (χ0n) is 20.9. The molecule has 1 amide bonds. The van der Waals surface area contributed by atoms with Crippen LogP contribution in [-0.4, -0.2) is 78.4 Å². The van der Waals surface area contributed by atoms with Crippen LogP contribution in [0.5, 0.6) is 5.75 Å². The summed E-state index contributed by atoms with van der Waals surface area (Å²) in [4.78, 5) is 21.1. The molecule has 37 heavy (non-hydrogen) atoms. The van der Waals surface area contributed by atoms with Gasteiger partial charge in [-0.15, -0.1) is 0 Å². The maximum absolute atomic E-state index is 13.5. The first-order valence-electron chi connectivity index (χ1n) is 12.9. The van der Waals surface area contributed by atoms with E-state index >= 15 is 0 Å². The van der Waals surface area contributed by atoms with E-state index < -0.39 is 0 Å². The first kappa shape index (κ1) is 23.9. The van der Waals surface area contributed by atoms with Crippen molar-refractivity contribution in [2.24, 2.45) is 0 Å². The molecule has 9 heteroatoms. The molecule has 2 aromatic heterocycles. The van der Waals surface area contributed by atoms with Crippen molar-refractivity contribution in [1.29, 1.82) is 0 Å². The van der Waals surface area contributed by atoms with Gasteiger partial charge in [0.05, 0.1) is 32.1 Å². The second-order valence-electron chi connectivity index (χ2n) is 9.98. The molecule has 2 aliphatic rings. The molecule has 194 valence electrons. The summed E-state index contributed by atoms with van der Waals surface area (Å²) >= 11 is 0. The third-order valence-electron chi connectivity index (χ3n) is 7.76. The molecule has 0 spiro atoms. The largest absolute Gasteiger partial charge is 0.497 e. The number of halogens is 1. The van der Waals surface area contributed by atoms with E-state index in [4.69, 9.17) is 14.0 Å². The van der Waals surface area contributed by atoms with Gasteiger partial charge >= 0.3 is 0 Å². The number of methoxy groups -OCH3 is 1. The summed E-state index contributed by atoms with van der Waals surface area (Å²) in [5.74, 6) is 0.761. The standard InChI is InChI=1S/C28H31FN4O4/c1-35-22-4-2-19-14-25(30-24(19)16-22)28(34)33-12-13-36-17-21(33)8-11-32-9-6-18(7-10-32)27-23-5-3-20(29)15-26(23)37-31-27/h2-5,14-16,18,21,30H,6-13,17H2,1H3. The molecule has 2 aliphatic heterocycles. The topological polar surface area (TPSA) is 83.8 Å². The lowest BCUT2D eigenvalue weighted by Crippen LogP contribution is -2.50. The Bertz CT molecular complexity index is 1410. The van der Waals surface area contributed by atoms with E-state index in [-0.39, 0.29) is 17.8 Å². The number of rotatable bonds is 6. The van der Waals surface area contributed by atoms with Gasteiger partial charge in [-0.1, -0.05) is 5.16 Å². The molecule has 1 N–H and O–H groups in total. The van der Waals surface area contributed by atoms with E-state index in [0.717, 1.165) is 66.6 Å². The maximum Gasteiger partial charge on any atom is 0.270 e. The SMILES string of the molecule is COc1ccc2cc(C(=O)N3CCOCC3CCN3CCC(c4noc5cc(F)ccc45)CC3)[nH]c2c1.